The first-order valence-corrected chi connectivity index (χ1v) is 4.56. The maximum atomic E-state index is 11.3. The van der Waals surface area contributed by atoms with Crippen LogP contribution >= 0.6 is 0 Å². The lowest BCUT2D eigenvalue weighted by Gasteiger charge is -2.14. The summed E-state index contributed by atoms with van der Waals surface area (Å²) in [5.41, 5.74) is 1.60. The molecule has 6 heteroatoms. The Balaban J connectivity index is 2.46. The SMILES string of the molecule is COC(=O)N(C)c1ccc2oc(=O)[nH]c2c1. The van der Waals surface area contributed by atoms with Crippen LogP contribution in [0.25, 0.3) is 11.1 Å². The molecule has 1 heterocycles. The van der Waals surface area contributed by atoms with Gasteiger partial charge in [-0.1, -0.05) is 0 Å². The van der Waals surface area contributed by atoms with Gasteiger partial charge in [-0.2, -0.15) is 0 Å². The predicted molar refractivity (Wildman–Crippen MR) is 57.6 cm³/mol. The number of fused-ring (bicyclic) bond motifs is 1. The van der Waals surface area contributed by atoms with Gasteiger partial charge in [-0.05, 0) is 18.2 Å². The van der Waals surface area contributed by atoms with Crippen LogP contribution in [0.5, 0.6) is 0 Å². The quantitative estimate of drug-likeness (QED) is 0.789. The number of methoxy groups -OCH3 is 1. The number of aromatic amines is 1. The third-order valence-electron chi connectivity index (χ3n) is 2.24. The maximum absolute atomic E-state index is 11.3. The zero-order valence-corrected chi connectivity index (χ0v) is 8.81. The molecule has 0 aliphatic carbocycles. The first-order chi connectivity index (χ1) is 7.61. The zero-order chi connectivity index (χ0) is 11.7. The van der Waals surface area contributed by atoms with Gasteiger partial charge in [0.15, 0.2) is 5.58 Å². The summed E-state index contributed by atoms with van der Waals surface area (Å²) in [5.74, 6) is -0.520. The molecule has 6 nitrogen and oxygen atoms in total. The van der Waals surface area contributed by atoms with E-state index in [1.807, 2.05) is 0 Å². The number of amides is 1. The Morgan fingerprint density at radius 1 is 1.50 bits per heavy atom. The van der Waals surface area contributed by atoms with E-state index in [4.69, 9.17) is 4.42 Å². The highest BCUT2D eigenvalue weighted by atomic mass is 16.5. The summed E-state index contributed by atoms with van der Waals surface area (Å²) in [5, 5.41) is 0. The van der Waals surface area contributed by atoms with Crippen LogP contribution in [0.2, 0.25) is 0 Å². The number of carbonyl (C=O) groups is 1. The van der Waals surface area contributed by atoms with Gasteiger partial charge in [0, 0.05) is 12.7 Å². The second-order valence-corrected chi connectivity index (χ2v) is 3.22. The predicted octanol–water partition coefficient (Wildman–Crippen LogP) is 1.32. The largest absolute Gasteiger partial charge is 0.452 e. The monoisotopic (exact) mass is 222 g/mol. The van der Waals surface area contributed by atoms with E-state index >= 15 is 0 Å². The van der Waals surface area contributed by atoms with Gasteiger partial charge < -0.3 is 9.15 Å². The van der Waals surface area contributed by atoms with E-state index in [0.717, 1.165) is 0 Å². The fraction of sp³-hybridized carbons (Fsp3) is 0.200. The number of carbonyl (C=O) groups excluding carboxylic acids is 1. The number of oxazole rings is 1. The van der Waals surface area contributed by atoms with Gasteiger partial charge in [-0.15, -0.1) is 0 Å². The average molecular weight is 222 g/mol. The summed E-state index contributed by atoms with van der Waals surface area (Å²) in [6.45, 7) is 0. The maximum Gasteiger partial charge on any atom is 0.417 e. The normalized spacial score (nSPS) is 10.4. The lowest BCUT2D eigenvalue weighted by Crippen LogP contribution is -2.25. The number of rotatable bonds is 1. The van der Waals surface area contributed by atoms with E-state index in [0.29, 0.717) is 16.8 Å². The third kappa shape index (κ3) is 1.65. The fourth-order valence-electron chi connectivity index (χ4n) is 1.39. The van der Waals surface area contributed by atoms with Crippen LogP contribution in [0.1, 0.15) is 0 Å². The first-order valence-electron chi connectivity index (χ1n) is 4.56. The highest BCUT2D eigenvalue weighted by molar-refractivity contribution is 5.89. The van der Waals surface area contributed by atoms with Crippen molar-refractivity contribution in [3.05, 3.63) is 28.7 Å². The number of ether oxygens (including phenoxy) is 1. The van der Waals surface area contributed by atoms with Crippen LogP contribution in [0.15, 0.2) is 27.4 Å². The highest BCUT2D eigenvalue weighted by Gasteiger charge is 2.11. The number of H-pyrrole nitrogens is 1. The molecule has 1 aromatic carbocycles. The van der Waals surface area contributed by atoms with Crippen LogP contribution < -0.4 is 10.7 Å². The lowest BCUT2D eigenvalue weighted by atomic mass is 10.3. The molecule has 2 rings (SSSR count). The number of anilines is 1. The van der Waals surface area contributed by atoms with Gasteiger partial charge in [0.05, 0.1) is 12.6 Å². The van der Waals surface area contributed by atoms with Crippen molar-refractivity contribution in [2.75, 3.05) is 19.1 Å². The number of nitrogens with zero attached hydrogens (tertiary/aromatic N) is 1. The molecule has 2 aromatic rings. The summed E-state index contributed by atoms with van der Waals surface area (Å²) in [4.78, 5) is 26.0. The minimum atomic E-state index is -0.520. The van der Waals surface area contributed by atoms with Crippen molar-refractivity contribution in [3.8, 4) is 0 Å². The molecule has 0 bridgehead atoms. The first kappa shape index (κ1) is 10.3. The molecule has 0 spiro atoms. The van der Waals surface area contributed by atoms with Gasteiger partial charge in [-0.3, -0.25) is 9.88 Å². The van der Waals surface area contributed by atoms with E-state index in [1.54, 1.807) is 25.2 Å². The molecule has 16 heavy (non-hydrogen) atoms. The lowest BCUT2D eigenvalue weighted by molar-refractivity contribution is 0.180. The van der Waals surface area contributed by atoms with Gasteiger partial charge in [0.25, 0.3) is 0 Å². The molecule has 0 aliphatic rings. The Labute approximate surface area is 90.4 Å². The Hall–Kier alpha value is -2.24. The molecule has 0 saturated carbocycles. The number of benzene rings is 1. The second-order valence-electron chi connectivity index (χ2n) is 3.22. The van der Waals surface area contributed by atoms with E-state index < -0.39 is 11.8 Å². The molecule has 0 unspecified atom stereocenters. The van der Waals surface area contributed by atoms with E-state index in [-0.39, 0.29) is 0 Å². The highest BCUT2D eigenvalue weighted by Crippen LogP contribution is 2.19. The van der Waals surface area contributed by atoms with Crippen LogP contribution in [0.3, 0.4) is 0 Å². The number of nitrogens with one attached hydrogen (secondary N) is 1. The summed E-state index contributed by atoms with van der Waals surface area (Å²) in [6, 6.07) is 4.91. The summed E-state index contributed by atoms with van der Waals surface area (Å²) in [6.07, 6.45) is -0.481. The molecule has 1 amide bonds. The molecule has 0 fully saturated rings. The smallest absolute Gasteiger partial charge is 0.417 e. The van der Waals surface area contributed by atoms with Crippen molar-refractivity contribution in [1.82, 2.24) is 4.98 Å². The van der Waals surface area contributed by atoms with Crippen molar-refractivity contribution in [3.63, 3.8) is 0 Å². The van der Waals surface area contributed by atoms with E-state index in [2.05, 4.69) is 9.72 Å². The summed E-state index contributed by atoms with van der Waals surface area (Å²) >= 11 is 0. The van der Waals surface area contributed by atoms with Gasteiger partial charge in [-0.25, -0.2) is 9.59 Å². The van der Waals surface area contributed by atoms with Crippen molar-refractivity contribution >= 4 is 22.9 Å². The number of aromatic nitrogens is 1. The average Bonchev–Trinajstić information content (AvgIpc) is 2.65. The van der Waals surface area contributed by atoms with Crippen molar-refractivity contribution in [2.24, 2.45) is 0 Å². The minimum Gasteiger partial charge on any atom is -0.452 e. The topological polar surface area (TPSA) is 75.5 Å². The van der Waals surface area contributed by atoms with Gasteiger partial charge in [0.2, 0.25) is 0 Å². The summed E-state index contributed by atoms with van der Waals surface area (Å²) < 4.78 is 9.42. The molecule has 0 aliphatic heterocycles. The van der Waals surface area contributed by atoms with Crippen molar-refractivity contribution in [2.45, 2.75) is 0 Å². The number of hydrogen-bond acceptors (Lipinski definition) is 4. The van der Waals surface area contributed by atoms with Crippen LogP contribution in [-0.4, -0.2) is 25.2 Å². The minimum absolute atomic E-state index is 0.451. The Morgan fingerprint density at radius 2 is 2.25 bits per heavy atom. The van der Waals surface area contributed by atoms with Crippen molar-refractivity contribution < 1.29 is 13.9 Å². The molecule has 1 N–H and O–H groups in total. The standard InChI is InChI=1S/C10H10N2O4/c1-12(10(14)15-2)6-3-4-8-7(5-6)11-9(13)16-8/h3-5H,1-2H3,(H,11,13). The van der Waals surface area contributed by atoms with Crippen LogP contribution in [0, 0.1) is 0 Å². The molecule has 0 radical (unpaired) electrons. The van der Waals surface area contributed by atoms with Crippen LogP contribution in [-0.2, 0) is 4.74 Å². The molecular formula is C10H10N2O4. The second kappa shape index (κ2) is 3.73. The molecule has 84 valence electrons. The molecular weight excluding hydrogens is 212 g/mol. The van der Waals surface area contributed by atoms with E-state index in [1.165, 1.54) is 12.0 Å². The van der Waals surface area contributed by atoms with Gasteiger partial charge >= 0.3 is 11.8 Å². The molecule has 0 atom stereocenters. The Morgan fingerprint density at radius 3 is 2.94 bits per heavy atom. The van der Waals surface area contributed by atoms with Crippen LogP contribution in [0.4, 0.5) is 10.5 Å². The molecule has 0 saturated heterocycles. The summed E-state index contributed by atoms with van der Waals surface area (Å²) in [7, 11) is 2.88. The Bertz CT molecular complexity index is 584. The Kier molecular flexibility index (Phi) is 2.40. The fourth-order valence-corrected chi connectivity index (χ4v) is 1.39. The number of hydrogen-bond donors (Lipinski definition) is 1. The zero-order valence-electron chi connectivity index (χ0n) is 8.81. The van der Waals surface area contributed by atoms with E-state index in [9.17, 15) is 9.59 Å². The van der Waals surface area contributed by atoms with Gasteiger partial charge in [0.1, 0.15) is 0 Å². The van der Waals surface area contributed by atoms with Crippen molar-refractivity contribution in [1.29, 1.82) is 0 Å². The molecule has 1 aromatic heterocycles. The third-order valence-corrected chi connectivity index (χ3v) is 2.24.